The van der Waals surface area contributed by atoms with Crippen LogP contribution < -0.4 is 24.3 Å². The molecule has 41 heavy (non-hydrogen) atoms. The first-order chi connectivity index (χ1) is 20.0. The summed E-state index contributed by atoms with van der Waals surface area (Å²) in [4.78, 5) is 23.0. The highest BCUT2D eigenvalue weighted by atomic mass is 16.7. The molecular weight excluding hydrogens is 526 g/mol. The Bertz CT molecular complexity index is 1500. The van der Waals surface area contributed by atoms with Crippen LogP contribution in [0.15, 0.2) is 54.6 Å². The maximum atomic E-state index is 13.0. The van der Waals surface area contributed by atoms with Crippen molar-refractivity contribution in [3.8, 4) is 45.5 Å². The highest BCUT2D eigenvalue weighted by Crippen LogP contribution is 2.39. The van der Waals surface area contributed by atoms with E-state index < -0.39 is 6.29 Å². The molecule has 4 rings (SSSR count). The number of hydrogen-bond acceptors (Lipinski definition) is 9. The summed E-state index contributed by atoms with van der Waals surface area (Å²) in [6.07, 6.45) is -0.519. The van der Waals surface area contributed by atoms with E-state index in [2.05, 4.69) is 5.32 Å². The minimum atomic E-state index is -0.519. The van der Waals surface area contributed by atoms with Gasteiger partial charge in [-0.3, -0.25) is 4.79 Å². The topological polar surface area (TPSA) is 110 Å². The predicted octanol–water partition coefficient (Wildman–Crippen LogP) is 5.13. The van der Waals surface area contributed by atoms with Crippen molar-refractivity contribution in [2.45, 2.75) is 20.1 Å². The number of benzene rings is 3. The maximum absolute atomic E-state index is 13.0. The number of nitrogens with zero attached hydrogens (tertiary/aromatic N) is 2. The minimum absolute atomic E-state index is 0.222. The summed E-state index contributed by atoms with van der Waals surface area (Å²) in [5.41, 5.74) is 4.37. The third-order valence-corrected chi connectivity index (χ3v) is 6.37. The Morgan fingerprint density at radius 1 is 0.683 bits per heavy atom. The molecular formula is C31H35N3O7. The zero-order chi connectivity index (χ0) is 29.4. The fraction of sp³-hybridized carbons (Fsp3) is 0.323. The Labute approximate surface area is 239 Å². The van der Waals surface area contributed by atoms with E-state index in [1.165, 1.54) is 0 Å². The fourth-order valence-electron chi connectivity index (χ4n) is 4.38. The molecule has 0 aliphatic carbocycles. The molecule has 1 heterocycles. The third kappa shape index (κ3) is 6.67. The van der Waals surface area contributed by atoms with Crippen LogP contribution in [-0.2, 0) is 9.47 Å². The van der Waals surface area contributed by atoms with Gasteiger partial charge in [0.25, 0.3) is 5.91 Å². The van der Waals surface area contributed by atoms with Gasteiger partial charge in [-0.15, -0.1) is 0 Å². The summed E-state index contributed by atoms with van der Waals surface area (Å²) in [6.45, 7) is 4.93. The lowest BCUT2D eigenvalue weighted by atomic mass is 10.0. The lowest BCUT2D eigenvalue weighted by molar-refractivity contribution is -0.131. The highest BCUT2D eigenvalue weighted by Gasteiger charge is 2.19. The standard InChI is InChI=1S/C31H35N3O7/c1-7-40-28(41-8-2)18-32-31(35)21-9-12-22-23(15-21)34-30(20-11-14-25(37-4)27(17-20)39-6)29(33-22)19-10-13-24(36-3)26(16-19)38-5/h9-17,28H,7-8,18H2,1-6H3,(H,32,35). The molecule has 0 bridgehead atoms. The number of ether oxygens (including phenoxy) is 6. The quantitative estimate of drug-likeness (QED) is 0.222. The Balaban J connectivity index is 1.81. The van der Waals surface area contributed by atoms with Crippen LogP contribution >= 0.6 is 0 Å². The summed E-state index contributed by atoms with van der Waals surface area (Å²) in [5.74, 6) is 2.04. The molecule has 0 radical (unpaired) electrons. The second-order valence-corrected chi connectivity index (χ2v) is 8.81. The van der Waals surface area contributed by atoms with Crippen LogP contribution in [-0.4, -0.2) is 70.4 Å². The number of amides is 1. The van der Waals surface area contributed by atoms with E-state index in [0.29, 0.717) is 64.2 Å². The summed E-state index contributed by atoms with van der Waals surface area (Å²) in [6, 6.07) is 16.3. The molecule has 216 valence electrons. The number of carbonyl (C=O) groups excluding carboxylic acids is 1. The molecule has 0 saturated carbocycles. The van der Waals surface area contributed by atoms with E-state index in [9.17, 15) is 4.79 Å². The molecule has 4 aromatic rings. The first-order valence-corrected chi connectivity index (χ1v) is 13.2. The molecule has 1 aromatic heterocycles. The molecule has 0 spiro atoms. The Morgan fingerprint density at radius 3 is 1.68 bits per heavy atom. The van der Waals surface area contributed by atoms with E-state index in [1.807, 2.05) is 50.2 Å². The SMILES string of the molecule is CCOC(CNC(=O)c1ccc2nc(-c3ccc(OC)c(OC)c3)c(-c3ccc(OC)c(OC)c3)nc2c1)OCC. The Kier molecular flexibility index (Phi) is 9.94. The average molecular weight is 562 g/mol. The summed E-state index contributed by atoms with van der Waals surface area (Å²) in [7, 11) is 6.33. The van der Waals surface area contributed by atoms with E-state index in [-0.39, 0.29) is 12.5 Å². The molecule has 3 aromatic carbocycles. The molecule has 0 unspecified atom stereocenters. The van der Waals surface area contributed by atoms with Crippen LogP contribution in [0.3, 0.4) is 0 Å². The van der Waals surface area contributed by atoms with Crippen LogP contribution in [0.2, 0.25) is 0 Å². The lowest BCUT2D eigenvalue weighted by Crippen LogP contribution is -2.35. The first-order valence-electron chi connectivity index (χ1n) is 13.2. The van der Waals surface area contributed by atoms with Crippen LogP contribution in [0, 0.1) is 0 Å². The van der Waals surface area contributed by atoms with Gasteiger partial charge in [0.2, 0.25) is 0 Å². The fourth-order valence-corrected chi connectivity index (χ4v) is 4.38. The molecule has 10 nitrogen and oxygen atoms in total. The van der Waals surface area contributed by atoms with Gasteiger partial charge in [-0.2, -0.15) is 0 Å². The van der Waals surface area contributed by atoms with Gasteiger partial charge in [0.1, 0.15) is 0 Å². The molecule has 0 fully saturated rings. The summed E-state index contributed by atoms with van der Waals surface area (Å²) in [5, 5.41) is 2.87. The van der Waals surface area contributed by atoms with E-state index in [0.717, 1.165) is 11.1 Å². The Morgan fingerprint density at radius 2 is 1.20 bits per heavy atom. The van der Waals surface area contributed by atoms with Crippen molar-refractivity contribution < 1.29 is 33.2 Å². The number of aromatic nitrogens is 2. The van der Waals surface area contributed by atoms with Gasteiger partial charge in [-0.25, -0.2) is 9.97 Å². The molecule has 0 aliphatic heterocycles. The van der Waals surface area contributed by atoms with E-state index in [1.54, 1.807) is 46.6 Å². The van der Waals surface area contributed by atoms with Crippen molar-refractivity contribution in [1.29, 1.82) is 0 Å². The number of rotatable bonds is 13. The van der Waals surface area contributed by atoms with Gasteiger partial charge in [-0.1, -0.05) is 0 Å². The maximum Gasteiger partial charge on any atom is 0.251 e. The van der Waals surface area contributed by atoms with Crippen molar-refractivity contribution in [1.82, 2.24) is 15.3 Å². The number of nitrogens with one attached hydrogen (secondary N) is 1. The van der Waals surface area contributed by atoms with Crippen molar-refractivity contribution in [2.24, 2.45) is 0 Å². The third-order valence-electron chi connectivity index (χ3n) is 6.37. The zero-order valence-electron chi connectivity index (χ0n) is 24.1. The molecule has 0 saturated heterocycles. The molecule has 0 atom stereocenters. The van der Waals surface area contributed by atoms with Crippen molar-refractivity contribution >= 4 is 16.9 Å². The largest absolute Gasteiger partial charge is 0.493 e. The number of carbonyl (C=O) groups is 1. The van der Waals surface area contributed by atoms with Crippen LogP contribution in [0.25, 0.3) is 33.5 Å². The van der Waals surface area contributed by atoms with Crippen molar-refractivity contribution in [3.05, 3.63) is 60.2 Å². The van der Waals surface area contributed by atoms with Crippen LogP contribution in [0.4, 0.5) is 0 Å². The number of hydrogen-bond donors (Lipinski definition) is 1. The Hall–Kier alpha value is -4.41. The smallest absolute Gasteiger partial charge is 0.251 e. The van der Waals surface area contributed by atoms with Crippen molar-refractivity contribution in [3.63, 3.8) is 0 Å². The van der Waals surface area contributed by atoms with Gasteiger partial charge in [0, 0.05) is 29.9 Å². The molecule has 1 N–H and O–H groups in total. The normalized spacial score (nSPS) is 11.0. The van der Waals surface area contributed by atoms with Gasteiger partial charge >= 0.3 is 0 Å². The van der Waals surface area contributed by atoms with Crippen molar-refractivity contribution in [2.75, 3.05) is 48.2 Å². The molecule has 10 heteroatoms. The first kappa shape index (κ1) is 29.6. The second-order valence-electron chi connectivity index (χ2n) is 8.81. The second kappa shape index (κ2) is 13.8. The lowest BCUT2D eigenvalue weighted by Gasteiger charge is -2.17. The van der Waals surface area contributed by atoms with Gasteiger partial charge in [0.05, 0.1) is 57.4 Å². The van der Waals surface area contributed by atoms with Gasteiger partial charge < -0.3 is 33.7 Å². The summed E-state index contributed by atoms with van der Waals surface area (Å²) < 4.78 is 33.0. The van der Waals surface area contributed by atoms with Gasteiger partial charge in [-0.05, 0) is 68.4 Å². The summed E-state index contributed by atoms with van der Waals surface area (Å²) >= 11 is 0. The zero-order valence-corrected chi connectivity index (χ0v) is 24.1. The molecule has 1 amide bonds. The average Bonchev–Trinajstić information content (AvgIpc) is 3.01. The van der Waals surface area contributed by atoms with Crippen LogP contribution in [0.5, 0.6) is 23.0 Å². The molecule has 0 aliphatic rings. The predicted molar refractivity (Wildman–Crippen MR) is 156 cm³/mol. The van der Waals surface area contributed by atoms with E-state index in [4.69, 9.17) is 38.4 Å². The monoisotopic (exact) mass is 561 g/mol. The highest BCUT2D eigenvalue weighted by molar-refractivity contribution is 5.98. The number of methoxy groups -OCH3 is 4. The van der Waals surface area contributed by atoms with Crippen LogP contribution in [0.1, 0.15) is 24.2 Å². The van der Waals surface area contributed by atoms with Gasteiger partial charge in [0.15, 0.2) is 29.3 Å². The van der Waals surface area contributed by atoms with E-state index >= 15 is 0 Å². The minimum Gasteiger partial charge on any atom is -0.493 e. The number of fused-ring (bicyclic) bond motifs is 1.